The minimum atomic E-state index is 0.249. The van der Waals surface area contributed by atoms with E-state index >= 15 is 0 Å². The highest BCUT2D eigenvalue weighted by atomic mass is 35.5. The number of nitrogen functional groups attached to an aromatic ring is 1. The topological polar surface area (TPSA) is 61.0 Å². The maximum atomic E-state index is 5.93. The zero-order chi connectivity index (χ0) is 13.2. The van der Waals surface area contributed by atoms with Crippen molar-refractivity contribution in [2.45, 2.75) is 0 Å². The van der Waals surface area contributed by atoms with Crippen molar-refractivity contribution in [3.8, 4) is 11.8 Å². The van der Waals surface area contributed by atoms with Crippen LogP contribution in [0, 0.1) is 0 Å². The molecule has 4 nitrogen and oxygen atoms in total. The highest BCUT2D eigenvalue weighted by molar-refractivity contribution is 6.30. The van der Waals surface area contributed by atoms with Crippen molar-refractivity contribution in [2.75, 3.05) is 5.73 Å². The smallest absolute Gasteiger partial charge is 0.321 e. The van der Waals surface area contributed by atoms with Gasteiger partial charge in [0, 0.05) is 16.5 Å². The van der Waals surface area contributed by atoms with E-state index in [4.69, 9.17) is 22.1 Å². The molecule has 0 spiro atoms. The molecule has 0 atom stereocenters. The third kappa shape index (κ3) is 2.30. The van der Waals surface area contributed by atoms with Crippen LogP contribution >= 0.6 is 11.6 Å². The molecule has 0 saturated carbocycles. The molecule has 1 aromatic heterocycles. The van der Waals surface area contributed by atoms with Crippen LogP contribution in [-0.2, 0) is 0 Å². The van der Waals surface area contributed by atoms with Gasteiger partial charge in [-0.3, -0.25) is 0 Å². The summed E-state index contributed by atoms with van der Waals surface area (Å²) >= 11 is 5.73. The summed E-state index contributed by atoms with van der Waals surface area (Å²) in [6.07, 6.45) is 2.98. The first-order valence-corrected chi connectivity index (χ1v) is 6.04. The summed E-state index contributed by atoms with van der Waals surface area (Å²) < 4.78 is 5.67. The molecule has 0 amide bonds. The molecule has 0 saturated heterocycles. The number of nitrogens with two attached hydrogens (primary N) is 1. The quantitative estimate of drug-likeness (QED) is 0.723. The van der Waals surface area contributed by atoms with Gasteiger partial charge in [0.15, 0.2) is 0 Å². The zero-order valence-electron chi connectivity index (χ0n) is 9.88. The summed E-state index contributed by atoms with van der Waals surface area (Å²) in [4.78, 5) is 8.01. The summed E-state index contributed by atoms with van der Waals surface area (Å²) in [6.45, 7) is 0. The minimum absolute atomic E-state index is 0.249. The van der Waals surface area contributed by atoms with Gasteiger partial charge in [-0.05, 0) is 12.1 Å². The third-order valence-corrected chi connectivity index (χ3v) is 2.91. The molecule has 3 rings (SSSR count). The monoisotopic (exact) mass is 271 g/mol. The van der Waals surface area contributed by atoms with Crippen molar-refractivity contribution in [3.63, 3.8) is 0 Å². The fraction of sp³-hybridized carbons (Fsp3) is 0. The van der Waals surface area contributed by atoms with Crippen LogP contribution in [0.2, 0.25) is 5.02 Å². The second-order valence-electron chi connectivity index (χ2n) is 3.98. The first-order chi connectivity index (χ1) is 9.24. The van der Waals surface area contributed by atoms with Gasteiger partial charge in [0.1, 0.15) is 5.75 Å². The SMILES string of the molecule is Nc1ccc(Oc2ncc(Cl)cn2)c2ccccc12. The fourth-order valence-corrected chi connectivity index (χ4v) is 1.93. The van der Waals surface area contributed by atoms with Crippen LogP contribution in [0.4, 0.5) is 5.69 Å². The van der Waals surface area contributed by atoms with Crippen LogP contribution in [0.5, 0.6) is 11.8 Å². The fourth-order valence-electron chi connectivity index (χ4n) is 1.84. The van der Waals surface area contributed by atoms with Crippen LogP contribution < -0.4 is 10.5 Å². The lowest BCUT2D eigenvalue weighted by Crippen LogP contribution is -1.93. The van der Waals surface area contributed by atoms with Gasteiger partial charge in [0.2, 0.25) is 0 Å². The minimum Gasteiger partial charge on any atom is -0.424 e. The van der Waals surface area contributed by atoms with Gasteiger partial charge in [0.25, 0.3) is 0 Å². The van der Waals surface area contributed by atoms with Gasteiger partial charge in [-0.1, -0.05) is 35.9 Å². The molecular weight excluding hydrogens is 262 g/mol. The first kappa shape index (κ1) is 11.7. The molecule has 0 aliphatic heterocycles. The zero-order valence-corrected chi connectivity index (χ0v) is 10.6. The van der Waals surface area contributed by atoms with Crippen LogP contribution in [0.25, 0.3) is 10.8 Å². The Morgan fingerprint density at radius 2 is 1.63 bits per heavy atom. The Labute approximate surface area is 114 Å². The van der Waals surface area contributed by atoms with E-state index in [1.165, 1.54) is 12.4 Å². The number of fused-ring (bicyclic) bond motifs is 1. The van der Waals surface area contributed by atoms with E-state index in [9.17, 15) is 0 Å². The Kier molecular flexibility index (Phi) is 2.93. The molecule has 1 heterocycles. The van der Waals surface area contributed by atoms with Crippen molar-refractivity contribution >= 4 is 28.1 Å². The number of hydrogen-bond acceptors (Lipinski definition) is 4. The van der Waals surface area contributed by atoms with Crippen molar-refractivity contribution in [1.29, 1.82) is 0 Å². The van der Waals surface area contributed by atoms with Crippen LogP contribution in [0.15, 0.2) is 48.8 Å². The standard InChI is InChI=1S/C14H10ClN3O/c15-9-7-17-14(18-8-9)19-13-6-5-12(16)10-3-1-2-4-11(10)13/h1-8H,16H2. The highest BCUT2D eigenvalue weighted by Gasteiger charge is 2.07. The number of halogens is 1. The molecule has 0 aliphatic rings. The normalized spacial score (nSPS) is 10.6. The second kappa shape index (κ2) is 4.74. The second-order valence-corrected chi connectivity index (χ2v) is 4.42. The van der Waals surface area contributed by atoms with Gasteiger partial charge in [-0.2, -0.15) is 0 Å². The van der Waals surface area contributed by atoms with Crippen molar-refractivity contribution in [1.82, 2.24) is 9.97 Å². The van der Waals surface area contributed by atoms with E-state index in [1.807, 2.05) is 24.3 Å². The van der Waals surface area contributed by atoms with Crippen molar-refractivity contribution < 1.29 is 4.74 Å². The van der Waals surface area contributed by atoms with E-state index in [-0.39, 0.29) is 6.01 Å². The molecule has 0 fully saturated rings. The number of nitrogens with zero attached hydrogens (tertiary/aromatic N) is 2. The Balaban J connectivity index is 2.06. The molecule has 0 aliphatic carbocycles. The Morgan fingerprint density at radius 1 is 0.947 bits per heavy atom. The van der Waals surface area contributed by atoms with Crippen molar-refractivity contribution in [3.05, 3.63) is 53.8 Å². The Bertz CT molecular complexity index is 728. The van der Waals surface area contributed by atoms with Gasteiger partial charge in [-0.15, -0.1) is 0 Å². The van der Waals surface area contributed by atoms with Crippen molar-refractivity contribution in [2.24, 2.45) is 0 Å². The molecule has 3 aromatic rings. The lowest BCUT2D eigenvalue weighted by atomic mass is 10.1. The highest BCUT2D eigenvalue weighted by Crippen LogP contribution is 2.31. The molecule has 19 heavy (non-hydrogen) atoms. The van der Waals surface area contributed by atoms with E-state index in [0.29, 0.717) is 16.5 Å². The van der Waals surface area contributed by atoms with Crippen LogP contribution in [0.3, 0.4) is 0 Å². The van der Waals surface area contributed by atoms with Gasteiger partial charge < -0.3 is 10.5 Å². The van der Waals surface area contributed by atoms with E-state index in [1.54, 1.807) is 12.1 Å². The predicted octanol–water partition coefficient (Wildman–Crippen LogP) is 3.66. The molecular formula is C14H10ClN3O. The molecule has 0 radical (unpaired) electrons. The average molecular weight is 272 g/mol. The summed E-state index contributed by atoms with van der Waals surface area (Å²) in [5.74, 6) is 0.659. The lowest BCUT2D eigenvalue weighted by molar-refractivity contribution is 0.447. The summed E-state index contributed by atoms with van der Waals surface area (Å²) in [5.41, 5.74) is 6.64. The van der Waals surface area contributed by atoms with Crippen LogP contribution in [-0.4, -0.2) is 9.97 Å². The largest absolute Gasteiger partial charge is 0.424 e. The van der Waals surface area contributed by atoms with E-state index in [2.05, 4.69) is 9.97 Å². The molecule has 94 valence electrons. The predicted molar refractivity (Wildman–Crippen MR) is 75.5 cm³/mol. The summed E-state index contributed by atoms with van der Waals surface area (Å²) in [5, 5.41) is 2.32. The summed E-state index contributed by atoms with van der Waals surface area (Å²) in [6, 6.07) is 11.6. The number of anilines is 1. The molecule has 0 bridgehead atoms. The number of hydrogen-bond donors (Lipinski definition) is 1. The number of aromatic nitrogens is 2. The average Bonchev–Trinajstić information content (AvgIpc) is 2.45. The third-order valence-electron chi connectivity index (χ3n) is 2.72. The first-order valence-electron chi connectivity index (χ1n) is 5.66. The van der Waals surface area contributed by atoms with E-state index < -0.39 is 0 Å². The molecule has 5 heteroatoms. The van der Waals surface area contributed by atoms with Crippen LogP contribution in [0.1, 0.15) is 0 Å². The Morgan fingerprint density at radius 3 is 2.37 bits per heavy atom. The molecule has 0 unspecified atom stereocenters. The van der Waals surface area contributed by atoms with Gasteiger partial charge in [-0.25, -0.2) is 9.97 Å². The maximum Gasteiger partial charge on any atom is 0.321 e. The molecule has 2 N–H and O–H groups in total. The summed E-state index contributed by atoms with van der Waals surface area (Å²) in [7, 11) is 0. The van der Waals surface area contributed by atoms with Gasteiger partial charge >= 0.3 is 6.01 Å². The number of ether oxygens (including phenoxy) is 1. The number of benzene rings is 2. The lowest BCUT2D eigenvalue weighted by Gasteiger charge is -2.08. The Hall–Kier alpha value is -2.33. The van der Waals surface area contributed by atoms with E-state index in [0.717, 1.165) is 10.8 Å². The number of rotatable bonds is 2. The molecule has 2 aromatic carbocycles. The maximum absolute atomic E-state index is 5.93. The van der Waals surface area contributed by atoms with Gasteiger partial charge in [0.05, 0.1) is 17.4 Å².